The first-order valence-corrected chi connectivity index (χ1v) is 10.1. The average molecular weight is 386 g/mol. The fourth-order valence-corrected chi connectivity index (χ4v) is 5.34. The van der Waals surface area contributed by atoms with E-state index in [1.165, 1.54) is 12.1 Å². The number of ether oxygens (including phenoxy) is 1. The minimum Gasteiger partial charge on any atom is -0.497 e. The summed E-state index contributed by atoms with van der Waals surface area (Å²) < 4.78 is 19.0. The van der Waals surface area contributed by atoms with Gasteiger partial charge in [-0.05, 0) is 85.6 Å². The summed E-state index contributed by atoms with van der Waals surface area (Å²) in [7, 11) is 3.76. The molecule has 4 rings (SSSR count). The highest BCUT2D eigenvalue weighted by atomic mass is 32.1. The number of hydrogen-bond donors (Lipinski definition) is 1. The van der Waals surface area contributed by atoms with Crippen LogP contribution in [0.5, 0.6) is 5.75 Å². The molecule has 1 atom stereocenters. The number of thiophene rings is 1. The van der Waals surface area contributed by atoms with Crippen LogP contribution in [-0.2, 0) is 5.60 Å². The number of methoxy groups -OCH3 is 1. The summed E-state index contributed by atoms with van der Waals surface area (Å²) in [5, 5.41) is 16.3. The number of halogens is 1. The Balaban J connectivity index is 1.89. The van der Waals surface area contributed by atoms with Crippen molar-refractivity contribution in [2.75, 3.05) is 27.2 Å². The van der Waals surface area contributed by atoms with Crippen molar-refractivity contribution in [2.24, 2.45) is 5.92 Å². The molecule has 2 aromatic carbocycles. The highest BCUT2D eigenvalue weighted by molar-refractivity contribution is 7.11. The summed E-state index contributed by atoms with van der Waals surface area (Å²) in [5.74, 6) is 0.557. The van der Waals surface area contributed by atoms with E-state index in [0.717, 1.165) is 52.9 Å². The van der Waals surface area contributed by atoms with Crippen LogP contribution in [-0.4, -0.2) is 37.3 Å². The van der Waals surface area contributed by atoms with E-state index in [9.17, 15) is 9.50 Å². The maximum absolute atomic E-state index is 13.6. The number of nitrogens with zero attached hydrogens (tertiary/aromatic N) is 1. The van der Waals surface area contributed by atoms with E-state index in [4.69, 9.17) is 4.74 Å². The molecular formula is C22H24FNO2S. The second-order valence-corrected chi connectivity index (χ2v) is 8.25. The van der Waals surface area contributed by atoms with Gasteiger partial charge in [-0.2, -0.15) is 0 Å². The van der Waals surface area contributed by atoms with Gasteiger partial charge in [-0.15, -0.1) is 11.3 Å². The molecule has 1 unspecified atom stereocenters. The Bertz CT molecular complexity index is 931. The average Bonchev–Trinajstić information content (AvgIpc) is 3.12. The molecule has 1 aliphatic rings. The van der Waals surface area contributed by atoms with Gasteiger partial charge in [0, 0.05) is 10.3 Å². The van der Waals surface area contributed by atoms with Crippen molar-refractivity contribution in [2.45, 2.75) is 18.4 Å². The quantitative estimate of drug-likeness (QED) is 0.711. The van der Waals surface area contributed by atoms with Crippen LogP contribution in [0.1, 0.15) is 23.3 Å². The zero-order valence-corrected chi connectivity index (χ0v) is 16.4. The number of fused-ring (bicyclic) bond motifs is 1. The third kappa shape index (κ3) is 3.24. The van der Waals surface area contributed by atoms with Gasteiger partial charge in [-0.3, -0.25) is 0 Å². The third-order valence-electron chi connectivity index (χ3n) is 5.75. The third-order valence-corrected chi connectivity index (χ3v) is 6.89. The van der Waals surface area contributed by atoms with Gasteiger partial charge in [0.15, 0.2) is 0 Å². The topological polar surface area (TPSA) is 32.7 Å². The first-order valence-electron chi connectivity index (χ1n) is 9.25. The van der Waals surface area contributed by atoms with E-state index in [1.54, 1.807) is 30.6 Å². The van der Waals surface area contributed by atoms with Gasteiger partial charge in [0.25, 0.3) is 0 Å². The second kappa shape index (κ2) is 7.23. The van der Waals surface area contributed by atoms with Crippen molar-refractivity contribution in [1.82, 2.24) is 4.90 Å². The first-order chi connectivity index (χ1) is 13.0. The second-order valence-electron chi connectivity index (χ2n) is 7.37. The van der Waals surface area contributed by atoms with E-state index >= 15 is 0 Å². The van der Waals surface area contributed by atoms with Crippen LogP contribution in [0.2, 0.25) is 0 Å². The molecule has 3 nitrogen and oxygen atoms in total. The van der Waals surface area contributed by atoms with E-state index in [2.05, 4.69) is 17.3 Å². The molecule has 0 radical (unpaired) electrons. The number of likely N-dealkylation sites (tertiary alicyclic amines) is 1. The van der Waals surface area contributed by atoms with Crippen LogP contribution in [0.3, 0.4) is 0 Å². The molecule has 27 heavy (non-hydrogen) atoms. The van der Waals surface area contributed by atoms with E-state index in [0.29, 0.717) is 0 Å². The molecule has 5 heteroatoms. The molecule has 142 valence electrons. The summed E-state index contributed by atoms with van der Waals surface area (Å²) in [4.78, 5) is 3.20. The zero-order valence-electron chi connectivity index (χ0n) is 15.6. The molecule has 1 aliphatic heterocycles. The number of piperidine rings is 1. The Hall–Kier alpha value is -1.95. The van der Waals surface area contributed by atoms with Crippen molar-refractivity contribution in [3.05, 3.63) is 64.1 Å². The number of benzene rings is 2. The fraction of sp³-hybridized carbons (Fsp3) is 0.364. The number of aliphatic hydroxyl groups is 1. The van der Waals surface area contributed by atoms with Gasteiger partial charge in [-0.1, -0.05) is 12.1 Å². The molecule has 1 fully saturated rings. The molecule has 1 aromatic heterocycles. The molecule has 0 spiro atoms. The zero-order chi connectivity index (χ0) is 19.0. The summed E-state index contributed by atoms with van der Waals surface area (Å²) in [6.45, 7) is 1.89. The van der Waals surface area contributed by atoms with E-state index in [-0.39, 0.29) is 11.7 Å². The normalized spacial score (nSPS) is 18.5. The summed E-state index contributed by atoms with van der Waals surface area (Å²) in [6.07, 6.45) is 1.79. The van der Waals surface area contributed by atoms with Crippen molar-refractivity contribution in [3.63, 3.8) is 0 Å². The maximum Gasteiger partial charge on any atom is 0.127 e. The van der Waals surface area contributed by atoms with Gasteiger partial charge in [0.05, 0.1) is 7.11 Å². The summed E-state index contributed by atoms with van der Waals surface area (Å²) >= 11 is 1.57. The SMILES string of the molecule is COc1ccc2csc(C(O)(c3ccc(F)cc3)C3CCN(C)CC3)c2c1. The maximum atomic E-state index is 13.6. The van der Waals surface area contributed by atoms with Crippen LogP contribution < -0.4 is 4.74 Å². The lowest BCUT2D eigenvalue weighted by molar-refractivity contribution is -0.00693. The molecule has 2 heterocycles. The smallest absolute Gasteiger partial charge is 0.127 e. The molecule has 3 aromatic rings. The van der Waals surface area contributed by atoms with Crippen LogP contribution in [0.25, 0.3) is 10.8 Å². The summed E-state index contributed by atoms with van der Waals surface area (Å²) in [5.41, 5.74) is -0.390. The molecular weight excluding hydrogens is 361 g/mol. The van der Waals surface area contributed by atoms with Crippen LogP contribution in [0.4, 0.5) is 4.39 Å². The lowest BCUT2D eigenvalue weighted by Gasteiger charge is -2.41. The van der Waals surface area contributed by atoms with Crippen molar-refractivity contribution in [1.29, 1.82) is 0 Å². The van der Waals surface area contributed by atoms with E-state index < -0.39 is 5.60 Å². The van der Waals surface area contributed by atoms with Crippen molar-refractivity contribution < 1.29 is 14.2 Å². The van der Waals surface area contributed by atoms with Crippen LogP contribution in [0, 0.1) is 11.7 Å². The van der Waals surface area contributed by atoms with Crippen LogP contribution in [0.15, 0.2) is 47.8 Å². The Morgan fingerprint density at radius 3 is 2.52 bits per heavy atom. The monoisotopic (exact) mass is 385 g/mol. The highest BCUT2D eigenvalue weighted by Crippen LogP contribution is 2.47. The minimum atomic E-state index is -1.15. The number of rotatable bonds is 4. The molecule has 0 bridgehead atoms. The summed E-state index contributed by atoms with van der Waals surface area (Å²) in [6, 6.07) is 12.3. The van der Waals surface area contributed by atoms with E-state index in [1.807, 2.05) is 18.2 Å². The van der Waals surface area contributed by atoms with Gasteiger partial charge >= 0.3 is 0 Å². The predicted octanol–water partition coefficient (Wildman–Crippen LogP) is 4.63. The number of hydrogen-bond acceptors (Lipinski definition) is 4. The van der Waals surface area contributed by atoms with Gasteiger partial charge in [0.2, 0.25) is 0 Å². The lowest BCUT2D eigenvalue weighted by atomic mass is 9.74. The Morgan fingerprint density at radius 1 is 1.15 bits per heavy atom. The molecule has 1 N–H and O–H groups in total. The van der Waals surface area contributed by atoms with Crippen molar-refractivity contribution in [3.8, 4) is 5.75 Å². The minimum absolute atomic E-state index is 0.0761. The van der Waals surface area contributed by atoms with Crippen LogP contribution >= 0.6 is 11.3 Å². The molecule has 0 amide bonds. The fourth-order valence-electron chi connectivity index (χ4n) is 4.13. The standard InChI is InChI=1S/C22H24FNO2S/c1-24-11-9-17(10-12-24)22(25,16-4-6-18(23)7-5-16)21-20-13-19(26-2)8-3-15(20)14-27-21/h3-8,13-14,17,25H,9-12H2,1-2H3. The Labute approximate surface area is 163 Å². The van der Waals surface area contributed by atoms with Crippen molar-refractivity contribution >= 4 is 22.1 Å². The highest BCUT2D eigenvalue weighted by Gasteiger charge is 2.43. The Kier molecular flexibility index (Phi) is 4.93. The molecule has 0 saturated carbocycles. The van der Waals surface area contributed by atoms with Gasteiger partial charge in [-0.25, -0.2) is 4.39 Å². The molecule has 1 saturated heterocycles. The lowest BCUT2D eigenvalue weighted by Crippen LogP contribution is -2.42. The first kappa shape index (κ1) is 18.4. The Morgan fingerprint density at radius 2 is 1.85 bits per heavy atom. The largest absolute Gasteiger partial charge is 0.497 e. The van der Waals surface area contributed by atoms with Gasteiger partial charge in [0.1, 0.15) is 17.2 Å². The predicted molar refractivity (Wildman–Crippen MR) is 108 cm³/mol. The molecule has 0 aliphatic carbocycles. The van der Waals surface area contributed by atoms with Gasteiger partial charge < -0.3 is 14.7 Å².